The molecule has 0 spiro atoms. The number of carbonyl (C=O) groups excluding carboxylic acids is 2. The van der Waals surface area contributed by atoms with E-state index in [2.05, 4.69) is 41.5 Å². The number of benzene rings is 2. The molecule has 1 atom stereocenters. The summed E-state index contributed by atoms with van der Waals surface area (Å²) in [6.45, 7) is 3.96. The van der Waals surface area contributed by atoms with Crippen molar-refractivity contribution in [2.24, 2.45) is 0 Å². The van der Waals surface area contributed by atoms with Gasteiger partial charge in [-0.15, -0.1) is 11.3 Å². The van der Waals surface area contributed by atoms with Crippen LogP contribution < -0.4 is 10.2 Å². The molecule has 148 valence electrons. The third kappa shape index (κ3) is 4.36. The number of para-hydroxylation sites is 2. The third-order valence-corrected chi connectivity index (χ3v) is 6.78. The number of aryl methyl sites for hydroxylation is 1. The van der Waals surface area contributed by atoms with E-state index in [1.54, 1.807) is 16.2 Å². The molecular formula is C22H21N3O2S2. The predicted octanol–water partition coefficient (Wildman–Crippen LogP) is 4.97. The van der Waals surface area contributed by atoms with E-state index in [1.807, 2.05) is 36.6 Å². The number of thiazole rings is 1. The molecule has 2 heterocycles. The Labute approximate surface area is 178 Å². The average molecular weight is 424 g/mol. The van der Waals surface area contributed by atoms with Crippen molar-refractivity contribution in [3.8, 4) is 11.3 Å². The minimum absolute atomic E-state index is 0.0291. The summed E-state index contributed by atoms with van der Waals surface area (Å²) >= 11 is 2.98. The number of nitrogens with zero attached hydrogens (tertiary/aromatic N) is 2. The van der Waals surface area contributed by atoms with E-state index in [-0.39, 0.29) is 30.0 Å². The third-order valence-electron chi connectivity index (χ3n) is 4.78. The minimum Gasteiger partial charge on any atom is -0.324 e. The van der Waals surface area contributed by atoms with Crippen molar-refractivity contribution < 1.29 is 9.59 Å². The zero-order chi connectivity index (χ0) is 20.4. The van der Waals surface area contributed by atoms with E-state index in [0.717, 1.165) is 21.3 Å². The van der Waals surface area contributed by atoms with Crippen LogP contribution in [0.15, 0.2) is 58.3 Å². The van der Waals surface area contributed by atoms with Crippen molar-refractivity contribution in [3.63, 3.8) is 0 Å². The van der Waals surface area contributed by atoms with Gasteiger partial charge in [0.05, 0.1) is 22.8 Å². The van der Waals surface area contributed by atoms with E-state index in [1.165, 1.54) is 17.3 Å². The van der Waals surface area contributed by atoms with Crippen molar-refractivity contribution in [2.75, 3.05) is 16.0 Å². The summed E-state index contributed by atoms with van der Waals surface area (Å²) in [6.07, 6.45) is 0.278. The van der Waals surface area contributed by atoms with E-state index in [4.69, 9.17) is 0 Å². The van der Waals surface area contributed by atoms with Crippen LogP contribution in [0.3, 0.4) is 0 Å². The molecule has 0 saturated carbocycles. The van der Waals surface area contributed by atoms with E-state index < -0.39 is 0 Å². The Bertz CT molecular complexity index is 1050. The first-order valence-electron chi connectivity index (χ1n) is 9.37. The SMILES string of the molecule is Cc1ccc(-c2csc(SCC(=O)N3c4ccccc4NC(=O)CC3C)n2)cc1. The smallest absolute Gasteiger partial charge is 0.237 e. The standard InChI is InChI=1S/C22H21N3O2S2/c1-14-7-9-16(10-8-14)18-12-28-22(24-18)29-13-21(27)25-15(2)11-20(26)23-17-5-3-4-6-19(17)25/h3-10,12,15H,11,13H2,1-2H3,(H,23,26). The number of carbonyl (C=O) groups is 2. The molecule has 5 nitrogen and oxygen atoms in total. The summed E-state index contributed by atoms with van der Waals surface area (Å²) in [7, 11) is 0. The van der Waals surface area contributed by atoms with Crippen LogP contribution in [0, 0.1) is 6.92 Å². The maximum absolute atomic E-state index is 13.1. The van der Waals surface area contributed by atoms with Crippen LogP contribution in [0.5, 0.6) is 0 Å². The highest BCUT2D eigenvalue weighted by molar-refractivity contribution is 8.01. The van der Waals surface area contributed by atoms with Gasteiger partial charge in [-0.3, -0.25) is 9.59 Å². The van der Waals surface area contributed by atoms with Gasteiger partial charge in [0, 0.05) is 23.4 Å². The Kier molecular flexibility index (Phi) is 5.69. The van der Waals surface area contributed by atoms with Gasteiger partial charge in [0.15, 0.2) is 4.34 Å². The van der Waals surface area contributed by atoms with Crippen LogP contribution in [0.2, 0.25) is 0 Å². The highest BCUT2D eigenvalue weighted by Gasteiger charge is 2.29. The molecule has 29 heavy (non-hydrogen) atoms. The van der Waals surface area contributed by atoms with Gasteiger partial charge in [0.25, 0.3) is 0 Å². The number of hydrogen-bond acceptors (Lipinski definition) is 5. The van der Waals surface area contributed by atoms with Gasteiger partial charge >= 0.3 is 0 Å². The first kappa shape index (κ1) is 19.7. The number of aromatic nitrogens is 1. The Morgan fingerprint density at radius 3 is 2.79 bits per heavy atom. The maximum Gasteiger partial charge on any atom is 0.237 e. The number of rotatable bonds is 4. The van der Waals surface area contributed by atoms with Crippen molar-refractivity contribution in [1.29, 1.82) is 0 Å². The number of hydrogen-bond donors (Lipinski definition) is 1. The van der Waals surface area contributed by atoms with Crippen molar-refractivity contribution in [2.45, 2.75) is 30.6 Å². The molecule has 3 aromatic rings. The highest BCUT2D eigenvalue weighted by Crippen LogP contribution is 2.33. The highest BCUT2D eigenvalue weighted by atomic mass is 32.2. The first-order valence-corrected chi connectivity index (χ1v) is 11.2. The Balaban J connectivity index is 1.48. The minimum atomic E-state index is -0.203. The molecule has 0 saturated heterocycles. The summed E-state index contributed by atoms with van der Waals surface area (Å²) in [5.41, 5.74) is 4.63. The molecule has 2 amide bonds. The summed E-state index contributed by atoms with van der Waals surface area (Å²) in [5.74, 6) is 0.169. The summed E-state index contributed by atoms with van der Waals surface area (Å²) < 4.78 is 0.860. The molecule has 0 radical (unpaired) electrons. The van der Waals surface area contributed by atoms with Crippen molar-refractivity contribution in [3.05, 3.63) is 59.5 Å². The fourth-order valence-electron chi connectivity index (χ4n) is 3.34. The van der Waals surface area contributed by atoms with E-state index in [9.17, 15) is 9.59 Å². The van der Waals surface area contributed by atoms with Crippen LogP contribution in [0.4, 0.5) is 11.4 Å². The molecule has 1 aromatic heterocycles. The van der Waals surface area contributed by atoms with Gasteiger partial charge in [-0.05, 0) is 26.0 Å². The number of amides is 2. The van der Waals surface area contributed by atoms with Gasteiger partial charge in [-0.25, -0.2) is 4.98 Å². The van der Waals surface area contributed by atoms with Gasteiger partial charge < -0.3 is 10.2 Å². The number of anilines is 2. The summed E-state index contributed by atoms with van der Waals surface area (Å²) in [6, 6.07) is 15.5. The van der Waals surface area contributed by atoms with Crippen LogP contribution in [-0.4, -0.2) is 28.6 Å². The molecule has 4 rings (SSSR count). The van der Waals surface area contributed by atoms with Gasteiger partial charge in [-0.1, -0.05) is 53.7 Å². The lowest BCUT2D eigenvalue weighted by atomic mass is 10.1. The second-order valence-corrected chi connectivity index (χ2v) is 9.12. The zero-order valence-corrected chi connectivity index (χ0v) is 17.8. The molecule has 1 N–H and O–H groups in total. The van der Waals surface area contributed by atoms with Crippen molar-refractivity contribution >= 4 is 46.3 Å². The average Bonchev–Trinajstić information content (AvgIpc) is 3.12. The van der Waals surface area contributed by atoms with Gasteiger partial charge in [-0.2, -0.15) is 0 Å². The first-order chi connectivity index (χ1) is 14.0. The van der Waals surface area contributed by atoms with Crippen LogP contribution in [-0.2, 0) is 9.59 Å². The molecule has 0 fully saturated rings. The Hall–Kier alpha value is -2.64. The summed E-state index contributed by atoms with van der Waals surface area (Å²) in [4.78, 5) is 31.6. The van der Waals surface area contributed by atoms with E-state index in [0.29, 0.717) is 5.69 Å². The van der Waals surface area contributed by atoms with E-state index >= 15 is 0 Å². The lowest BCUT2D eigenvalue weighted by Gasteiger charge is -2.27. The molecule has 0 aliphatic carbocycles. The lowest BCUT2D eigenvalue weighted by molar-refractivity contribution is -0.117. The zero-order valence-electron chi connectivity index (χ0n) is 16.2. The molecule has 1 aliphatic rings. The van der Waals surface area contributed by atoms with Crippen LogP contribution >= 0.6 is 23.1 Å². The predicted molar refractivity (Wildman–Crippen MR) is 120 cm³/mol. The summed E-state index contributed by atoms with van der Waals surface area (Å²) in [5, 5.41) is 4.90. The Morgan fingerprint density at radius 1 is 1.24 bits per heavy atom. The van der Waals surface area contributed by atoms with Gasteiger partial charge in [0.1, 0.15) is 0 Å². The topological polar surface area (TPSA) is 62.3 Å². The lowest BCUT2D eigenvalue weighted by Crippen LogP contribution is -2.40. The number of thioether (sulfide) groups is 1. The maximum atomic E-state index is 13.1. The monoisotopic (exact) mass is 423 g/mol. The Morgan fingerprint density at radius 2 is 2.00 bits per heavy atom. The number of fused-ring (bicyclic) bond motifs is 1. The molecule has 7 heteroatoms. The molecule has 0 bridgehead atoms. The second kappa shape index (κ2) is 8.39. The quantitative estimate of drug-likeness (QED) is 0.602. The molecular weight excluding hydrogens is 402 g/mol. The van der Waals surface area contributed by atoms with Crippen LogP contribution in [0.1, 0.15) is 18.9 Å². The molecule has 1 aliphatic heterocycles. The fraction of sp³-hybridized carbons (Fsp3) is 0.227. The molecule has 1 unspecified atom stereocenters. The van der Waals surface area contributed by atoms with Crippen LogP contribution in [0.25, 0.3) is 11.3 Å². The van der Waals surface area contributed by atoms with Gasteiger partial charge in [0.2, 0.25) is 11.8 Å². The molecule has 2 aromatic carbocycles. The normalized spacial score (nSPS) is 16.1. The van der Waals surface area contributed by atoms with Crippen molar-refractivity contribution in [1.82, 2.24) is 4.98 Å². The largest absolute Gasteiger partial charge is 0.324 e. The second-order valence-electron chi connectivity index (χ2n) is 7.04. The number of nitrogens with one attached hydrogen (secondary N) is 1. The fourth-order valence-corrected chi connectivity index (χ4v) is 5.04.